The summed E-state index contributed by atoms with van der Waals surface area (Å²) in [6.45, 7) is 8.11. The van der Waals surface area contributed by atoms with E-state index in [-0.39, 0.29) is 0 Å². The summed E-state index contributed by atoms with van der Waals surface area (Å²) in [5.74, 6) is 0.580. The Labute approximate surface area is 109 Å². The van der Waals surface area contributed by atoms with Crippen LogP contribution in [0.15, 0.2) is 36.4 Å². The molecular weight excluding hydrogens is 220 g/mol. The summed E-state index contributed by atoms with van der Waals surface area (Å²) < 4.78 is 2.28. The Morgan fingerprint density at radius 3 is 2.28 bits per heavy atom. The lowest BCUT2D eigenvalue weighted by Gasteiger charge is -2.12. The number of rotatable bonds is 4. The molecule has 0 aliphatic carbocycles. The van der Waals surface area contributed by atoms with Crippen molar-refractivity contribution < 1.29 is 0 Å². The molecule has 18 heavy (non-hydrogen) atoms. The Morgan fingerprint density at radius 1 is 1.06 bits per heavy atom. The maximum Gasteiger partial charge on any atom is 0.0482 e. The molecule has 0 bridgehead atoms. The molecule has 1 aromatic carbocycles. The highest BCUT2D eigenvalue weighted by Crippen LogP contribution is 2.24. The predicted molar refractivity (Wildman–Crippen MR) is 77.7 cm³/mol. The molecule has 2 aromatic rings. The number of hydrogen-bond donors (Lipinski definition) is 1. The van der Waals surface area contributed by atoms with Crippen molar-refractivity contribution in [1.29, 1.82) is 0 Å². The standard InChI is InChI=1S/C16H22N2/c1-12(2)14-5-7-15(8-6-14)16-9-4-13(3)18(16)11-10-17/h4-9,12H,10-11,17H2,1-3H3. The summed E-state index contributed by atoms with van der Waals surface area (Å²) in [6.07, 6.45) is 0. The molecule has 2 rings (SSSR count). The van der Waals surface area contributed by atoms with E-state index in [9.17, 15) is 0 Å². The lowest BCUT2D eigenvalue weighted by atomic mass is 10.0. The predicted octanol–water partition coefficient (Wildman–Crippen LogP) is 3.55. The van der Waals surface area contributed by atoms with Gasteiger partial charge in [0.1, 0.15) is 0 Å². The average molecular weight is 242 g/mol. The molecule has 0 spiro atoms. The Morgan fingerprint density at radius 2 is 1.72 bits per heavy atom. The van der Waals surface area contributed by atoms with Crippen LogP contribution < -0.4 is 5.73 Å². The van der Waals surface area contributed by atoms with Gasteiger partial charge in [0, 0.05) is 24.5 Å². The lowest BCUT2D eigenvalue weighted by Crippen LogP contribution is -2.11. The summed E-state index contributed by atoms with van der Waals surface area (Å²) in [4.78, 5) is 0. The highest BCUT2D eigenvalue weighted by Gasteiger charge is 2.07. The van der Waals surface area contributed by atoms with Crippen molar-refractivity contribution >= 4 is 0 Å². The third-order valence-corrected chi connectivity index (χ3v) is 3.42. The largest absolute Gasteiger partial charge is 0.344 e. The van der Waals surface area contributed by atoms with Gasteiger partial charge in [-0.05, 0) is 36.1 Å². The Hall–Kier alpha value is -1.54. The van der Waals surface area contributed by atoms with E-state index in [1.54, 1.807) is 0 Å². The van der Waals surface area contributed by atoms with Crippen molar-refractivity contribution in [2.75, 3.05) is 6.54 Å². The van der Waals surface area contributed by atoms with Crippen LogP contribution in [0.25, 0.3) is 11.3 Å². The molecule has 0 aliphatic rings. The number of aryl methyl sites for hydroxylation is 1. The van der Waals surface area contributed by atoms with Gasteiger partial charge in [-0.15, -0.1) is 0 Å². The first kappa shape index (κ1) is 12.9. The van der Waals surface area contributed by atoms with Crippen molar-refractivity contribution in [3.05, 3.63) is 47.7 Å². The van der Waals surface area contributed by atoms with Gasteiger partial charge in [-0.2, -0.15) is 0 Å². The highest BCUT2D eigenvalue weighted by molar-refractivity contribution is 5.61. The monoisotopic (exact) mass is 242 g/mol. The molecular formula is C16H22N2. The van der Waals surface area contributed by atoms with E-state index in [0.717, 1.165) is 6.54 Å². The first-order valence-corrected chi connectivity index (χ1v) is 6.60. The summed E-state index contributed by atoms with van der Waals surface area (Å²) in [6, 6.07) is 13.2. The van der Waals surface area contributed by atoms with Crippen LogP contribution in [-0.2, 0) is 6.54 Å². The van der Waals surface area contributed by atoms with Crippen molar-refractivity contribution in [2.24, 2.45) is 5.73 Å². The third kappa shape index (κ3) is 2.49. The maximum absolute atomic E-state index is 5.68. The van der Waals surface area contributed by atoms with Gasteiger partial charge in [0.05, 0.1) is 0 Å². The molecule has 0 radical (unpaired) electrons. The van der Waals surface area contributed by atoms with Crippen LogP contribution in [0.1, 0.15) is 31.0 Å². The Balaban J connectivity index is 2.36. The average Bonchev–Trinajstić information content (AvgIpc) is 2.72. The fourth-order valence-corrected chi connectivity index (χ4v) is 2.29. The zero-order chi connectivity index (χ0) is 13.1. The van der Waals surface area contributed by atoms with Gasteiger partial charge in [-0.3, -0.25) is 0 Å². The highest BCUT2D eigenvalue weighted by atomic mass is 15.0. The van der Waals surface area contributed by atoms with Gasteiger partial charge in [0.15, 0.2) is 0 Å². The number of nitrogens with zero attached hydrogens (tertiary/aromatic N) is 1. The summed E-state index contributed by atoms with van der Waals surface area (Å²) in [5.41, 5.74) is 10.8. The molecule has 0 saturated carbocycles. The lowest BCUT2D eigenvalue weighted by molar-refractivity contribution is 0.700. The van der Waals surface area contributed by atoms with E-state index in [1.165, 1.54) is 22.5 Å². The van der Waals surface area contributed by atoms with Crippen LogP contribution in [-0.4, -0.2) is 11.1 Å². The smallest absolute Gasteiger partial charge is 0.0482 e. The third-order valence-electron chi connectivity index (χ3n) is 3.42. The van der Waals surface area contributed by atoms with Gasteiger partial charge in [-0.25, -0.2) is 0 Å². The van der Waals surface area contributed by atoms with E-state index in [4.69, 9.17) is 5.73 Å². The second kappa shape index (κ2) is 5.40. The van der Waals surface area contributed by atoms with Crippen LogP contribution in [0.2, 0.25) is 0 Å². The minimum atomic E-state index is 0.580. The van der Waals surface area contributed by atoms with Crippen LogP contribution in [0.5, 0.6) is 0 Å². The number of nitrogens with two attached hydrogens (primary N) is 1. The van der Waals surface area contributed by atoms with E-state index in [0.29, 0.717) is 12.5 Å². The van der Waals surface area contributed by atoms with E-state index >= 15 is 0 Å². The number of aromatic nitrogens is 1. The fourth-order valence-electron chi connectivity index (χ4n) is 2.29. The topological polar surface area (TPSA) is 30.9 Å². The first-order valence-electron chi connectivity index (χ1n) is 6.60. The fraction of sp³-hybridized carbons (Fsp3) is 0.375. The van der Waals surface area contributed by atoms with Crippen molar-refractivity contribution in [3.63, 3.8) is 0 Å². The van der Waals surface area contributed by atoms with Crippen LogP contribution in [0.4, 0.5) is 0 Å². The van der Waals surface area contributed by atoms with Crippen molar-refractivity contribution in [2.45, 2.75) is 33.2 Å². The molecule has 1 aromatic heterocycles. The molecule has 2 heteroatoms. The summed E-state index contributed by atoms with van der Waals surface area (Å²) >= 11 is 0. The van der Waals surface area contributed by atoms with Crippen LogP contribution in [0.3, 0.4) is 0 Å². The quantitative estimate of drug-likeness (QED) is 0.873. The van der Waals surface area contributed by atoms with Gasteiger partial charge >= 0.3 is 0 Å². The zero-order valence-corrected chi connectivity index (χ0v) is 11.5. The molecule has 2 nitrogen and oxygen atoms in total. The van der Waals surface area contributed by atoms with Gasteiger partial charge in [0.25, 0.3) is 0 Å². The van der Waals surface area contributed by atoms with E-state index < -0.39 is 0 Å². The molecule has 0 aliphatic heterocycles. The van der Waals surface area contributed by atoms with Crippen molar-refractivity contribution in [3.8, 4) is 11.3 Å². The summed E-state index contributed by atoms with van der Waals surface area (Å²) in [5, 5.41) is 0. The second-order valence-electron chi connectivity index (χ2n) is 5.08. The van der Waals surface area contributed by atoms with Gasteiger partial charge in [0.2, 0.25) is 0 Å². The van der Waals surface area contributed by atoms with E-state index in [2.05, 4.69) is 61.7 Å². The normalized spacial score (nSPS) is 11.2. The van der Waals surface area contributed by atoms with Crippen LogP contribution in [0, 0.1) is 6.92 Å². The molecule has 0 atom stereocenters. The van der Waals surface area contributed by atoms with Gasteiger partial charge < -0.3 is 10.3 Å². The van der Waals surface area contributed by atoms with Gasteiger partial charge in [-0.1, -0.05) is 38.1 Å². The number of hydrogen-bond acceptors (Lipinski definition) is 1. The molecule has 0 unspecified atom stereocenters. The van der Waals surface area contributed by atoms with Crippen molar-refractivity contribution in [1.82, 2.24) is 4.57 Å². The summed E-state index contributed by atoms with van der Waals surface area (Å²) in [7, 11) is 0. The maximum atomic E-state index is 5.68. The molecule has 0 amide bonds. The molecule has 96 valence electrons. The number of benzene rings is 1. The zero-order valence-electron chi connectivity index (χ0n) is 11.5. The Bertz CT molecular complexity index is 506. The first-order chi connectivity index (χ1) is 8.63. The SMILES string of the molecule is Cc1ccc(-c2ccc(C(C)C)cc2)n1CCN. The minimum absolute atomic E-state index is 0.580. The molecule has 2 N–H and O–H groups in total. The molecule has 0 fully saturated rings. The molecule has 0 saturated heterocycles. The molecule has 1 heterocycles. The Kier molecular flexibility index (Phi) is 3.87. The van der Waals surface area contributed by atoms with E-state index in [1.807, 2.05) is 0 Å². The second-order valence-corrected chi connectivity index (χ2v) is 5.08. The minimum Gasteiger partial charge on any atom is -0.344 e. The van der Waals surface area contributed by atoms with Crippen LogP contribution >= 0.6 is 0 Å².